The normalized spacial score (nSPS) is 11.3. The van der Waals surface area contributed by atoms with Gasteiger partial charge in [0.1, 0.15) is 5.75 Å². The molecule has 2 aromatic carbocycles. The summed E-state index contributed by atoms with van der Waals surface area (Å²) >= 11 is 0. The van der Waals surface area contributed by atoms with Gasteiger partial charge in [-0.15, -0.1) is 0 Å². The average molecular weight is 240 g/mol. The van der Waals surface area contributed by atoms with Gasteiger partial charge in [-0.3, -0.25) is 5.43 Å². The summed E-state index contributed by atoms with van der Waals surface area (Å²) in [4.78, 5) is 0. The smallest absolute Gasteiger partial charge is 0.116 e. The van der Waals surface area contributed by atoms with Crippen LogP contribution < -0.4 is 5.43 Å². The summed E-state index contributed by atoms with van der Waals surface area (Å²) in [6, 6.07) is 15.1. The highest BCUT2D eigenvalue weighted by Crippen LogP contribution is 2.13. The molecule has 0 saturated carbocycles. The predicted molar refractivity (Wildman–Crippen MR) is 75.1 cm³/mol. The highest BCUT2D eigenvalue weighted by molar-refractivity contribution is 5.99. The fourth-order valence-electron chi connectivity index (χ4n) is 1.57. The fraction of sp³-hybridized carbons (Fsp3) is 0.133. The predicted octanol–water partition coefficient (Wildman–Crippen LogP) is 3.54. The number of nitrogens with zero attached hydrogens (tertiary/aromatic N) is 1. The van der Waals surface area contributed by atoms with Gasteiger partial charge in [0.15, 0.2) is 0 Å². The largest absolute Gasteiger partial charge is 0.508 e. The quantitative estimate of drug-likeness (QED) is 0.636. The van der Waals surface area contributed by atoms with Crippen molar-refractivity contribution in [3.05, 3.63) is 59.7 Å². The third kappa shape index (κ3) is 3.10. The molecule has 0 fully saturated rings. The van der Waals surface area contributed by atoms with Gasteiger partial charge in [0.25, 0.3) is 0 Å². The molecule has 0 amide bonds. The van der Waals surface area contributed by atoms with Crippen LogP contribution in [0.5, 0.6) is 5.75 Å². The zero-order valence-electron chi connectivity index (χ0n) is 10.5. The van der Waals surface area contributed by atoms with Crippen molar-refractivity contribution in [1.29, 1.82) is 0 Å². The summed E-state index contributed by atoms with van der Waals surface area (Å²) in [6.45, 7) is 3.95. The number of phenolic OH excluding ortho intramolecular Hbond substituents is 1. The topological polar surface area (TPSA) is 44.6 Å². The molecule has 0 atom stereocenters. The summed E-state index contributed by atoms with van der Waals surface area (Å²) in [7, 11) is 0. The van der Waals surface area contributed by atoms with Gasteiger partial charge in [0.05, 0.1) is 11.4 Å². The third-order valence-electron chi connectivity index (χ3n) is 2.67. The molecule has 0 spiro atoms. The SMILES string of the molecule is C/C(=N/Nc1ccc(C)cc1)c1cccc(O)c1. The van der Waals surface area contributed by atoms with Crippen LogP contribution in [0.4, 0.5) is 5.69 Å². The van der Waals surface area contributed by atoms with E-state index in [1.165, 1.54) is 5.56 Å². The molecule has 0 heterocycles. The number of hydrogen-bond donors (Lipinski definition) is 2. The van der Waals surface area contributed by atoms with Crippen LogP contribution >= 0.6 is 0 Å². The Balaban J connectivity index is 2.11. The van der Waals surface area contributed by atoms with Crippen LogP contribution in [-0.2, 0) is 0 Å². The lowest BCUT2D eigenvalue weighted by Gasteiger charge is -2.04. The first-order chi connectivity index (χ1) is 8.65. The Labute approximate surface area is 107 Å². The van der Waals surface area contributed by atoms with Crippen LogP contribution in [-0.4, -0.2) is 10.8 Å². The molecule has 92 valence electrons. The molecular weight excluding hydrogens is 224 g/mol. The summed E-state index contributed by atoms with van der Waals surface area (Å²) in [5, 5.41) is 13.7. The number of aryl methyl sites for hydroxylation is 1. The minimum atomic E-state index is 0.248. The second-order valence-corrected chi connectivity index (χ2v) is 4.23. The van der Waals surface area contributed by atoms with Crippen molar-refractivity contribution in [2.24, 2.45) is 5.10 Å². The van der Waals surface area contributed by atoms with E-state index in [0.29, 0.717) is 0 Å². The van der Waals surface area contributed by atoms with Crippen molar-refractivity contribution in [3.63, 3.8) is 0 Å². The first-order valence-corrected chi connectivity index (χ1v) is 5.81. The Morgan fingerprint density at radius 3 is 2.50 bits per heavy atom. The molecule has 0 unspecified atom stereocenters. The second kappa shape index (κ2) is 5.36. The zero-order chi connectivity index (χ0) is 13.0. The molecule has 0 radical (unpaired) electrons. The van der Waals surface area contributed by atoms with E-state index in [1.54, 1.807) is 18.2 Å². The van der Waals surface area contributed by atoms with E-state index in [0.717, 1.165) is 17.0 Å². The molecule has 2 N–H and O–H groups in total. The fourth-order valence-corrected chi connectivity index (χ4v) is 1.57. The molecule has 0 saturated heterocycles. The summed E-state index contributed by atoms with van der Waals surface area (Å²) in [6.07, 6.45) is 0. The molecular formula is C15H16N2O. The van der Waals surface area contributed by atoms with Crippen molar-refractivity contribution in [3.8, 4) is 5.75 Å². The minimum Gasteiger partial charge on any atom is -0.508 e. The molecule has 2 aromatic rings. The minimum absolute atomic E-state index is 0.248. The van der Waals surface area contributed by atoms with E-state index in [9.17, 15) is 5.11 Å². The van der Waals surface area contributed by atoms with Gasteiger partial charge in [0, 0.05) is 5.56 Å². The summed E-state index contributed by atoms with van der Waals surface area (Å²) in [5.74, 6) is 0.248. The van der Waals surface area contributed by atoms with Gasteiger partial charge in [-0.2, -0.15) is 5.10 Å². The van der Waals surface area contributed by atoms with Gasteiger partial charge < -0.3 is 5.11 Å². The Kier molecular flexibility index (Phi) is 3.63. The van der Waals surface area contributed by atoms with E-state index < -0.39 is 0 Å². The maximum absolute atomic E-state index is 9.40. The summed E-state index contributed by atoms with van der Waals surface area (Å²) in [5.41, 5.74) is 6.88. The van der Waals surface area contributed by atoms with Gasteiger partial charge in [0.2, 0.25) is 0 Å². The van der Waals surface area contributed by atoms with E-state index in [1.807, 2.05) is 44.2 Å². The number of hydrogen-bond acceptors (Lipinski definition) is 3. The van der Waals surface area contributed by atoms with E-state index >= 15 is 0 Å². The van der Waals surface area contributed by atoms with E-state index in [4.69, 9.17) is 0 Å². The van der Waals surface area contributed by atoms with Crippen molar-refractivity contribution < 1.29 is 5.11 Å². The van der Waals surface area contributed by atoms with Crippen LogP contribution in [0.1, 0.15) is 18.1 Å². The lowest BCUT2D eigenvalue weighted by molar-refractivity contribution is 0.475. The van der Waals surface area contributed by atoms with Gasteiger partial charge in [-0.1, -0.05) is 29.8 Å². The van der Waals surface area contributed by atoms with Crippen LogP contribution in [0.3, 0.4) is 0 Å². The lowest BCUT2D eigenvalue weighted by Crippen LogP contribution is -1.99. The maximum atomic E-state index is 9.40. The number of phenols is 1. The Hall–Kier alpha value is -2.29. The van der Waals surface area contributed by atoms with Crippen LogP contribution in [0, 0.1) is 6.92 Å². The number of aromatic hydroxyl groups is 1. The number of rotatable bonds is 3. The third-order valence-corrected chi connectivity index (χ3v) is 2.67. The molecule has 0 aliphatic heterocycles. The van der Waals surface area contributed by atoms with E-state index in [-0.39, 0.29) is 5.75 Å². The molecule has 2 rings (SSSR count). The highest BCUT2D eigenvalue weighted by atomic mass is 16.3. The molecule has 18 heavy (non-hydrogen) atoms. The Morgan fingerprint density at radius 1 is 1.11 bits per heavy atom. The first kappa shape index (κ1) is 12.2. The van der Waals surface area contributed by atoms with Crippen LogP contribution in [0.2, 0.25) is 0 Å². The lowest BCUT2D eigenvalue weighted by atomic mass is 10.1. The summed E-state index contributed by atoms with van der Waals surface area (Å²) < 4.78 is 0. The number of nitrogens with one attached hydrogen (secondary N) is 1. The molecule has 3 nitrogen and oxygen atoms in total. The van der Waals surface area contributed by atoms with Crippen LogP contribution in [0.25, 0.3) is 0 Å². The van der Waals surface area contributed by atoms with Gasteiger partial charge in [-0.05, 0) is 38.1 Å². The number of benzene rings is 2. The van der Waals surface area contributed by atoms with Gasteiger partial charge in [-0.25, -0.2) is 0 Å². The second-order valence-electron chi connectivity index (χ2n) is 4.23. The Morgan fingerprint density at radius 2 is 1.83 bits per heavy atom. The van der Waals surface area contributed by atoms with Crippen molar-refractivity contribution in [1.82, 2.24) is 0 Å². The van der Waals surface area contributed by atoms with Crippen molar-refractivity contribution >= 4 is 11.4 Å². The number of hydrazone groups is 1. The first-order valence-electron chi connectivity index (χ1n) is 5.81. The van der Waals surface area contributed by atoms with Crippen molar-refractivity contribution in [2.45, 2.75) is 13.8 Å². The zero-order valence-corrected chi connectivity index (χ0v) is 10.5. The molecule has 0 aliphatic rings. The van der Waals surface area contributed by atoms with E-state index in [2.05, 4.69) is 10.5 Å². The molecule has 0 aliphatic carbocycles. The van der Waals surface area contributed by atoms with Crippen molar-refractivity contribution in [2.75, 3.05) is 5.43 Å². The number of anilines is 1. The van der Waals surface area contributed by atoms with Gasteiger partial charge >= 0.3 is 0 Å². The maximum Gasteiger partial charge on any atom is 0.116 e. The van der Waals surface area contributed by atoms with Crippen LogP contribution in [0.15, 0.2) is 53.6 Å². The standard InChI is InChI=1S/C15H16N2O/c1-11-6-8-14(9-7-11)17-16-12(2)13-4-3-5-15(18)10-13/h3-10,17-18H,1-2H3/b16-12-. The monoisotopic (exact) mass is 240 g/mol. The molecule has 0 bridgehead atoms. The average Bonchev–Trinajstić information content (AvgIpc) is 2.38. The Bertz CT molecular complexity index is 559. The molecule has 3 heteroatoms. The molecule has 0 aromatic heterocycles. The highest BCUT2D eigenvalue weighted by Gasteiger charge is 1.98.